The maximum Gasteiger partial charge on any atom is 0.248 e. The lowest BCUT2D eigenvalue weighted by Gasteiger charge is -2.39. The third-order valence-electron chi connectivity index (χ3n) is 4.81. The number of benzene rings is 2. The van der Waals surface area contributed by atoms with E-state index >= 15 is 0 Å². The minimum absolute atomic E-state index is 0.0775. The highest BCUT2D eigenvalue weighted by atomic mass is 16.5. The van der Waals surface area contributed by atoms with Gasteiger partial charge in [-0.3, -0.25) is 9.69 Å². The van der Waals surface area contributed by atoms with Crippen LogP contribution in [0.15, 0.2) is 54.6 Å². The number of aryl methyl sites for hydroxylation is 1. The summed E-state index contributed by atoms with van der Waals surface area (Å²) in [6, 6.07) is 19.6. The second kappa shape index (κ2) is 8.28. The van der Waals surface area contributed by atoms with Gasteiger partial charge in [0.2, 0.25) is 5.91 Å². The molecular formula is C21H26N2O2. The predicted molar refractivity (Wildman–Crippen MR) is 99.5 cm³/mol. The Bertz CT molecular complexity index is 677. The number of carbonyl (C=O) groups is 1. The van der Waals surface area contributed by atoms with Gasteiger partial charge in [-0.05, 0) is 18.1 Å². The molecule has 0 N–H and O–H groups in total. The maximum absolute atomic E-state index is 12.0. The van der Waals surface area contributed by atoms with E-state index in [9.17, 15) is 4.79 Å². The van der Waals surface area contributed by atoms with E-state index in [-0.39, 0.29) is 18.6 Å². The molecule has 1 aliphatic heterocycles. The number of amides is 1. The molecule has 1 heterocycles. The maximum atomic E-state index is 12.0. The molecule has 3 rings (SSSR count). The first-order valence-corrected chi connectivity index (χ1v) is 8.81. The largest absolute Gasteiger partial charge is 0.375 e. The second-order valence-electron chi connectivity index (χ2n) is 6.57. The Balaban J connectivity index is 1.79. The van der Waals surface area contributed by atoms with Crippen LogP contribution in [0.1, 0.15) is 22.7 Å². The molecule has 1 unspecified atom stereocenters. The molecule has 4 heteroatoms. The average Bonchev–Trinajstić information content (AvgIpc) is 2.65. The van der Waals surface area contributed by atoms with Gasteiger partial charge in [-0.15, -0.1) is 0 Å². The number of hydrogen-bond donors (Lipinski definition) is 0. The molecule has 4 nitrogen and oxygen atoms in total. The Hall–Kier alpha value is -2.17. The van der Waals surface area contributed by atoms with Crippen LogP contribution in [0.2, 0.25) is 0 Å². The lowest BCUT2D eigenvalue weighted by molar-refractivity contribution is -0.137. The second-order valence-corrected chi connectivity index (χ2v) is 6.57. The number of piperazine rings is 1. The van der Waals surface area contributed by atoms with Crippen molar-refractivity contribution in [1.82, 2.24) is 9.80 Å². The van der Waals surface area contributed by atoms with Crippen molar-refractivity contribution in [3.63, 3.8) is 0 Å². The fourth-order valence-corrected chi connectivity index (χ4v) is 3.44. The molecule has 132 valence electrons. The predicted octanol–water partition coefficient (Wildman–Crippen LogP) is 2.88. The third kappa shape index (κ3) is 4.27. The van der Waals surface area contributed by atoms with Gasteiger partial charge in [-0.25, -0.2) is 0 Å². The van der Waals surface area contributed by atoms with E-state index in [1.165, 1.54) is 16.7 Å². The fraction of sp³-hybridized carbons (Fsp3) is 0.381. The average molecular weight is 338 g/mol. The van der Waals surface area contributed by atoms with Gasteiger partial charge in [-0.2, -0.15) is 0 Å². The van der Waals surface area contributed by atoms with Gasteiger partial charge < -0.3 is 9.64 Å². The first-order valence-electron chi connectivity index (χ1n) is 8.81. The lowest BCUT2D eigenvalue weighted by atomic mass is 9.95. The summed E-state index contributed by atoms with van der Waals surface area (Å²) in [4.78, 5) is 16.4. The normalized spacial score (nSPS) is 16.6. The summed E-state index contributed by atoms with van der Waals surface area (Å²) < 4.78 is 4.98. The lowest BCUT2D eigenvalue weighted by Crippen LogP contribution is -2.50. The topological polar surface area (TPSA) is 32.8 Å². The Morgan fingerprint density at radius 1 is 0.960 bits per heavy atom. The fourth-order valence-electron chi connectivity index (χ4n) is 3.44. The Morgan fingerprint density at radius 2 is 1.56 bits per heavy atom. The van der Waals surface area contributed by atoms with Gasteiger partial charge in [0.1, 0.15) is 6.61 Å². The van der Waals surface area contributed by atoms with Crippen molar-refractivity contribution in [2.24, 2.45) is 0 Å². The highest BCUT2D eigenvalue weighted by Crippen LogP contribution is 2.29. The number of ether oxygens (including phenoxy) is 1. The van der Waals surface area contributed by atoms with Crippen LogP contribution in [0, 0.1) is 6.92 Å². The zero-order chi connectivity index (χ0) is 17.6. The molecule has 1 atom stereocenters. The zero-order valence-electron chi connectivity index (χ0n) is 15.0. The molecule has 1 fully saturated rings. The zero-order valence-corrected chi connectivity index (χ0v) is 15.0. The van der Waals surface area contributed by atoms with E-state index < -0.39 is 0 Å². The van der Waals surface area contributed by atoms with Gasteiger partial charge in [0.05, 0.1) is 6.04 Å². The van der Waals surface area contributed by atoms with E-state index in [0.29, 0.717) is 0 Å². The summed E-state index contributed by atoms with van der Waals surface area (Å²) in [5.41, 5.74) is 3.86. The number of rotatable bonds is 5. The summed E-state index contributed by atoms with van der Waals surface area (Å²) >= 11 is 0. The molecular weight excluding hydrogens is 312 g/mol. The van der Waals surface area contributed by atoms with Gasteiger partial charge >= 0.3 is 0 Å². The highest BCUT2D eigenvalue weighted by Gasteiger charge is 2.27. The molecule has 0 aromatic heterocycles. The van der Waals surface area contributed by atoms with E-state index in [1.807, 2.05) is 4.90 Å². The van der Waals surface area contributed by atoms with Gasteiger partial charge in [0, 0.05) is 33.3 Å². The molecule has 1 saturated heterocycles. The summed E-state index contributed by atoms with van der Waals surface area (Å²) in [6.07, 6.45) is 0. The third-order valence-corrected chi connectivity index (χ3v) is 4.81. The first kappa shape index (κ1) is 17.6. The van der Waals surface area contributed by atoms with Crippen molar-refractivity contribution in [3.8, 4) is 0 Å². The van der Waals surface area contributed by atoms with Crippen molar-refractivity contribution in [1.29, 1.82) is 0 Å². The number of nitrogens with zero attached hydrogens (tertiary/aromatic N) is 2. The van der Waals surface area contributed by atoms with E-state index in [1.54, 1.807) is 7.11 Å². The van der Waals surface area contributed by atoms with Crippen LogP contribution in [-0.4, -0.2) is 55.6 Å². The van der Waals surface area contributed by atoms with Crippen molar-refractivity contribution in [2.45, 2.75) is 13.0 Å². The molecule has 0 saturated carbocycles. The van der Waals surface area contributed by atoms with E-state index in [0.717, 1.165) is 26.2 Å². The Labute approximate surface area is 150 Å². The molecule has 25 heavy (non-hydrogen) atoms. The number of hydrogen-bond acceptors (Lipinski definition) is 3. The number of carbonyl (C=O) groups excluding carboxylic acids is 1. The molecule has 0 bridgehead atoms. The summed E-state index contributed by atoms with van der Waals surface area (Å²) in [5.74, 6) is 0.0775. The molecule has 0 spiro atoms. The SMILES string of the molecule is COCC(=O)N1CCN(C(c2ccccc2)c2ccc(C)cc2)CC1. The van der Waals surface area contributed by atoms with Gasteiger partial charge in [-0.1, -0.05) is 60.2 Å². The van der Waals surface area contributed by atoms with E-state index in [2.05, 4.69) is 66.4 Å². The van der Waals surface area contributed by atoms with Gasteiger partial charge in [0.15, 0.2) is 0 Å². The standard InChI is InChI=1S/C21H26N2O2/c1-17-8-10-19(11-9-17)21(18-6-4-3-5-7-18)23-14-12-22(13-15-23)20(24)16-25-2/h3-11,21H,12-16H2,1-2H3. The summed E-state index contributed by atoms with van der Waals surface area (Å²) in [5, 5.41) is 0. The molecule has 2 aromatic rings. The summed E-state index contributed by atoms with van der Waals surface area (Å²) in [7, 11) is 1.57. The van der Waals surface area contributed by atoms with Crippen LogP contribution < -0.4 is 0 Å². The van der Waals surface area contributed by atoms with Gasteiger partial charge in [0.25, 0.3) is 0 Å². The molecule has 0 aliphatic carbocycles. The molecule has 2 aromatic carbocycles. The minimum atomic E-state index is 0.0775. The number of methoxy groups -OCH3 is 1. The summed E-state index contributed by atoms with van der Waals surface area (Å²) in [6.45, 7) is 5.50. The molecule has 1 amide bonds. The highest BCUT2D eigenvalue weighted by molar-refractivity contribution is 5.77. The Morgan fingerprint density at radius 3 is 2.16 bits per heavy atom. The quantitative estimate of drug-likeness (QED) is 0.840. The first-order chi connectivity index (χ1) is 12.2. The Kier molecular flexibility index (Phi) is 5.84. The molecule has 0 radical (unpaired) electrons. The monoisotopic (exact) mass is 338 g/mol. The van der Waals surface area contributed by atoms with Crippen molar-refractivity contribution in [2.75, 3.05) is 39.9 Å². The van der Waals surface area contributed by atoms with Crippen LogP contribution in [-0.2, 0) is 9.53 Å². The van der Waals surface area contributed by atoms with Crippen LogP contribution in [0.3, 0.4) is 0 Å². The minimum Gasteiger partial charge on any atom is -0.375 e. The van der Waals surface area contributed by atoms with Crippen molar-refractivity contribution < 1.29 is 9.53 Å². The van der Waals surface area contributed by atoms with Crippen molar-refractivity contribution >= 4 is 5.91 Å². The van der Waals surface area contributed by atoms with Crippen LogP contribution in [0.4, 0.5) is 0 Å². The van der Waals surface area contributed by atoms with Crippen LogP contribution in [0.25, 0.3) is 0 Å². The molecule has 1 aliphatic rings. The van der Waals surface area contributed by atoms with Crippen molar-refractivity contribution in [3.05, 3.63) is 71.3 Å². The smallest absolute Gasteiger partial charge is 0.248 e. The van der Waals surface area contributed by atoms with Crippen LogP contribution in [0.5, 0.6) is 0 Å². The van der Waals surface area contributed by atoms with Crippen LogP contribution >= 0.6 is 0 Å². The van der Waals surface area contributed by atoms with E-state index in [4.69, 9.17) is 4.74 Å².